The lowest BCUT2D eigenvalue weighted by molar-refractivity contribution is -0.145. The molecule has 0 bridgehead atoms. The Kier molecular flexibility index (Phi) is 5.45. The highest BCUT2D eigenvalue weighted by Gasteiger charge is 2.21. The van der Waals surface area contributed by atoms with E-state index in [2.05, 4.69) is 0 Å². The van der Waals surface area contributed by atoms with Crippen LogP contribution in [-0.2, 0) is 16.0 Å². The van der Waals surface area contributed by atoms with E-state index >= 15 is 0 Å². The number of carbonyl (C=O) groups is 2. The van der Waals surface area contributed by atoms with Gasteiger partial charge >= 0.3 is 5.97 Å². The van der Waals surface area contributed by atoms with Crippen LogP contribution in [0.2, 0.25) is 0 Å². The van der Waals surface area contributed by atoms with Crippen LogP contribution in [0.15, 0.2) is 53.1 Å². The molecule has 0 aliphatic heterocycles. The van der Waals surface area contributed by atoms with Gasteiger partial charge in [0, 0.05) is 22.6 Å². The van der Waals surface area contributed by atoms with Crippen molar-refractivity contribution in [3.8, 4) is 11.5 Å². The van der Waals surface area contributed by atoms with E-state index in [1.807, 2.05) is 6.92 Å². The first-order valence-corrected chi connectivity index (χ1v) is 8.63. The van der Waals surface area contributed by atoms with E-state index in [0.717, 1.165) is 5.39 Å². The van der Waals surface area contributed by atoms with Crippen LogP contribution in [0, 0.1) is 0 Å². The molecule has 0 saturated carbocycles. The molecule has 3 rings (SSSR count). The fraction of sp³-hybridized carbons (Fsp3) is 0.238. The zero-order chi connectivity index (χ0) is 19.4. The molecule has 2 aromatic carbocycles. The van der Waals surface area contributed by atoms with Gasteiger partial charge in [-0.2, -0.15) is 0 Å². The third kappa shape index (κ3) is 4.28. The first-order chi connectivity index (χ1) is 13.0. The van der Waals surface area contributed by atoms with Crippen molar-refractivity contribution in [3.63, 3.8) is 0 Å². The van der Waals surface area contributed by atoms with Crippen LogP contribution in [0.4, 0.5) is 0 Å². The number of phenolic OH excluding ortho intramolecular Hbond substituents is 1. The summed E-state index contributed by atoms with van der Waals surface area (Å²) in [4.78, 5) is 24.7. The number of ketones is 1. The van der Waals surface area contributed by atoms with Crippen LogP contribution in [0.5, 0.6) is 11.5 Å². The molecule has 140 valence electrons. The van der Waals surface area contributed by atoms with Crippen LogP contribution < -0.4 is 4.74 Å². The number of rotatable bonds is 7. The Hall–Kier alpha value is -3.28. The predicted molar refractivity (Wildman–Crippen MR) is 99.1 cm³/mol. The van der Waals surface area contributed by atoms with Crippen LogP contribution in [-0.4, -0.2) is 29.6 Å². The molecule has 0 spiro atoms. The number of Topliss-reactive ketones (excluding diaryl/α,β-unsaturated/α-hetero) is 1. The molecule has 1 N–H and O–H groups in total. The Balaban J connectivity index is 1.63. The van der Waals surface area contributed by atoms with E-state index in [1.165, 1.54) is 18.4 Å². The number of ether oxygens (including phenoxy) is 2. The number of fused-ring (bicyclic) bond motifs is 1. The van der Waals surface area contributed by atoms with Crippen LogP contribution in [0.25, 0.3) is 11.0 Å². The standard InChI is InChI=1S/C21H20O6/c1-3-25-17-7-4-14(5-8-17)21(24)13(2)27-20(23)10-15-12-26-19-11-16(22)6-9-18(15)19/h4-9,11-13,22H,3,10H2,1-2H3/t13-/m1/s1. The lowest BCUT2D eigenvalue weighted by Gasteiger charge is -2.12. The predicted octanol–water partition coefficient (Wildman–Crippen LogP) is 3.89. The van der Waals surface area contributed by atoms with Gasteiger partial charge < -0.3 is 19.0 Å². The van der Waals surface area contributed by atoms with E-state index in [9.17, 15) is 14.7 Å². The monoisotopic (exact) mass is 368 g/mol. The zero-order valence-corrected chi connectivity index (χ0v) is 15.1. The van der Waals surface area contributed by atoms with E-state index in [0.29, 0.717) is 29.1 Å². The lowest BCUT2D eigenvalue weighted by atomic mass is 10.1. The van der Waals surface area contributed by atoms with Crippen molar-refractivity contribution < 1.29 is 28.6 Å². The Labute approximate surface area is 156 Å². The molecule has 27 heavy (non-hydrogen) atoms. The third-order valence-electron chi connectivity index (χ3n) is 4.10. The Bertz CT molecular complexity index is 954. The molecule has 0 saturated heterocycles. The van der Waals surface area contributed by atoms with Crippen LogP contribution in [0.1, 0.15) is 29.8 Å². The van der Waals surface area contributed by atoms with E-state index < -0.39 is 12.1 Å². The summed E-state index contributed by atoms with van der Waals surface area (Å²) in [6.45, 7) is 3.97. The van der Waals surface area contributed by atoms with E-state index in [4.69, 9.17) is 13.9 Å². The van der Waals surface area contributed by atoms with Crippen LogP contribution >= 0.6 is 0 Å². The summed E-state index contributed by atoms with van der Waals surface area (Å²) in [5.74, 6) is -0.0527. The second kappa shape index (κ2) is 7.95. The van der Waals surface area contributed by atoms with E-state index in [1.54, 1.807) is 37.3 Å². The maximum Gasteiger partial charge on any atom is 0.311 e. The molecule has 1 atom stereocenters. The van der Waals surface area contributed by atoms with Gasteiger partial charge in [0.25, 0.3) is 0 Å². The highest BCUT2D eigenvalue weighted by atomic mass is 16.5. The third-order valence-corrected chi connectivity index (χ3v) is 4.10. The molecule has 0 amide bonds. The summed E-state index contributed by atoms with van der Waals surface area (Å²) in [5, 5.41) is 10.2. The fourth-order valence-corrected chi connectivity index (χ4v) is 2.77. The summed E-state index contributed by atoms with van der Waals surface area (Å²) in [7, 11) is 0. The number of phenols is 1. The van der Waals surface area contributed by atoms with E-state index in [-0.39, 0.29) is 18.0 Å². The van der Waals surface area contributed by atoms with Gasteiger partial charge in [0.05, 0.1) is 19.3 Å². The topological polar surface area (TPSA) is 86.0 Å². The highest BCUT2D eigenvalue weighted by Crippen LogP contribution is 2.25. The maximum atomic E-state index is 12.4. The molecular formula is C21H20O6. The quantitative estimate of drug-likeness (QED) is 0.503. The van der Waals surface area contributed by atoms with Gasteiger partial charge in [0.1, 0.15) is 17.1 Å². The second-order valence-corrected chi connectivity index (χ2v) is 6.07. The van der Waals surface area contributed by atoms with Crippen molar-refractivity contribution in [2.75, 3.05) is 6.61 Å². The molecular weight excluding hydrogens is 348 g/mol. The first kappa shape index (κ1) is 18.5. The molecule has 0 radical (unpaired) electrons. The number of carbonyl (C=O) groups excluding carboxylic acids is 2. The van der Waals surface area contributed by atoms with Crippen LogP contribution in [0.3, 0.4) is 0 Å². The molecule has 0 fully saturated rings. The summed E-state index contributed by atoms with van der Waals surface area (Å²) < 4.78 is 16.0. The highest BCUT2D eigenvalue weighted by molar-refractivity contribution is 6.00. The normalized spacial score (nSPS) is 11.9. The lowest BCUT2D eigenvalue weighted by Crippen LogP contribution is -2.25. The Morgan fingerprint density at radius 3 is 2.59 bits per heavy atom. The summed E-state index contributed by atoms with van der Waals surface area (Å²) in [6.07, 6.45) is 0.515. The fourth-order valence-electron chi connectivity index (χ4n) is 2.77. The number of furan rings is 1. The smallest absolute Gasteiger partial charge is 0.311 e. The summed E-state index contributed by atoms with van der Waals surface area (Å²) in [6, 6.07) is 11.4. The molecule has 0 aliphatic carbocycles. The minimum absolute atomic E-state index is 0.0291. The van der Waals surface area contributed by atoms with Crippen molar-refractivity contribution in [1.29, 1.82) is 0 Å². The van der Waals surface area contributed by atoms with Gasteiger partial charge in [-0.25, -0.2) is 0 Å². The Morgan fingerprint density at radius 1 is 1.15 bits per heavy atom. The van der Waals surface area contributed by atoms with Crippen molar-refractivity contribution in [2.45, 2.75) is 26.4 Å². The minimum atomic E-state index is -0.905. The summed E-state index contributed by atoms with van der Waals surface area (Å²) >= 11 is 0. The Morgan fingerprint density at radius 2 is 1.89 bits per heavy atom. The van der Waals surface area contributed by atoms with Gasteiger partial charge in [-0.3, -0.25) is 9.59 Å². The second-order valence-electron chi connectivity index (χ2n) is 6.07. The number of esters is 1. The number of hydrogen-bond acceptors (Lipinski definition) is 6. The zero-order valence-electron chi connectivity index (χ0n) is 15.1. The molecule has 3 aromatic rings. The molecule has 1 aromatic heterocycles. The molecule has 0 unspecified atom stereocenters. The van der Waals surface area contributed by atoms with Crippen molar-refractivity contribution in [1.82, 2.24) is 0 Å². The summed E-state index contributed by atoms with van der Waals surface area (Å²) in [5.41, 5.74) is 1.56. The first-order valence-electron chi connectivity index (χ1n) is 8.63. The number of benzene rings is 2. The van der Waals surface area contributed by atoms with Crippen molar-refractivity contribution >= 4 is 22.7 Å². The largest absolute Gasteiger partial charge is 0.508 e. The number of aromatic hydroxyl groups is 1. The molecule has 0 aliphatic rings. The SMILES string of the molecule is CCOc1ccc(C(=O)[C@@H](C)OC(=O)Cc2coc3cc(O)ccc23)cc1. The molecule has 1 heterocycles. The molecule has 6 heteroatoms. The maximum absolute atomic E-state index is 12.4. The van der Waals surface area contributed by atoms with Crippen molar-refractivity contribution in [2.24, 2.45) is 0 Å². The van der Waals surface area contributed by atoms with Gasteiger partial charge in [-0.05, 0) is 50.2 Å². The minimum Gasteiger partial charge on any atom is -0.508 e. The van der Waals surface area contributed by atoms with Gasteiger partial charge in [-0.1, -0.05) is 0 Å². The van der Waals surface area contributed by atoms with Gasteiger partial charge in [0.2, 0.25) is 5.78 Å². The molecule has 6 nitrogen and oxygen atoms in total. The average molecular weight is 368 g/mol. The number of hydrogen-bond donors (Lipinski definition) is 1. The van der Waals surface area contributed by atoms with Gasteiger partial charge in [0.15, 0.2) is 6.10 Å². The average Bonchev–Trinajstić information content (AvgIpc) is 3.03. The van der Waals surface area contributed by atoms with Gasteiger partial charge in [-0.15, -0.1) is 0 Å². The van der Waals surface area contributed by atoms with Crippen molar-refractivity contribution in [3.05, 3.63) is 59.9 Å².